The maximum absolute atomic E-state index is 14.1. The van der Waals surface area contributed by atoms with Crippen molar-refractivity contribution >= 4 is 11.6 Å². The average Bonchev–Trinajstić information content (AvgIpc) is 3.95. The highest BCUT2D eigenvalue weighted by Gasteiger charge is 2.53. The fraction of sp³-hybridized carbons (Fsp3) is 0.676. The molecule has 0 N–H and O–H groups in total. The third kappa shape index (κ3) is 5.69. The van der Waals surface area contributed by atoms with Gasteiger partial charge in [0.2, 0.25) is 17.7 Å². The maximum atomic E-state index is 14.1. The Bertz CT molecular complexity index is 1490. The second-order valence-corrected chi connectivity index (χ2v) is 14.7. The van der Waals surface area contributed by atoms with Gasteiger partial charge < -0.3 is 13.9 Å². The van der Waals surface area contributed by atoms with Gasteiger partial charge in [-0.15, -0.1) is 0 Å². The molecule has 0 unspecified atom stereocenters. The van der Waals surface area contributed by atoms with Crippen LogP contribution in [0.4, 0.5) is 14.5 Å². The summed E-state index contributed by atoms with van der Waals surface area (Å²) >= 11 is 0. The lowest BCUT2D eigenvalue weighted by molar-refractivity contribution is -0.121. The predicted molar refractivity (Wildman–Crippen MR) is 158 cm³/mol. The number of hydrogen-bond donors (Lipinski definition) is 0. The van der Waals surface area contributed by atoms with Crippen LogP contribution >= 0.6 is 0 Å². The molecular weight excluding hydrogens is 564 g/mol. The number of aromatic nitrogens is 4. The molecule has 1 aromatic carbocycles. The van der Waals surface area contributed by atoms with E-state index in [-0.39, 0.29) is 35.5 Å². The molecule has 0 saturated heterocycles. The number of hydrogen-bond acceptors (Lipinski definition) is 7. The van der Waals surface area contributed by atoms with E-state index < -0.39 is 5.92 Å². The van der Waals surface area contributed by atoms with E-state index in [1.807, 2.05) is 29.2 Å². The first-order chi connectivity index (χ1) is 21.3. The minimum Gasteiger partial charge on any atom is -0.339 e. The van der Waals surface area contributed by atoms with Crippen LogP contribution in [0.1, 0.15) is 120 Å². The molecule has 2 aromatic heterocycles. The Hall–Kier alpha value is -3.17. The van der Waals surface area contributed by atoms with Gasteiger partial charge in [-0.05, 0) is 112 Å². The van der Waals surface area contributed by atoms with Crippen LogP contribution in [-0.4, -0.2) is 38.7 Å². The van der Waals surface area contributed by atoms with Gasteiger partial charge in [0, 0.05) is 54.8 Å². The summed E-state index contributed by atoms with van der Waals surface area (Å²) in [5, 5.41) is 8.50. The standard InChI is InChI=1S/C34H41F2N5O3/c35-34(36)10-8-23(9-11-34)19-28(42)41(26-3-1-2-25(20-26)30-38-29(40-43-30)24-6-7-24)21-32-12-15-33(16-13-32,17-14-32)31-37-27(39-44-31)18-22-4-5-22/h1-3,20,22-24H,4-19,21H2. The fourth-order valence-corrected chi connectivity index (χ4v) is 7.94. The molecule has 0 aliphatic heterocycles. The van der Waals surface area contributed by atoms with E-state index in [0.717, 1.165) is 92.5 Å². The van der Waals surface area contributed by atoms with Gasteiger partial charge in [-0.2, -0.15) is 9.97 Å². The third-order valence-electron chi connectivity index (χ3n) is 11.4. The Morgan fingerprint density at radius 1 is 0.864 bits per heavy atom. The van der Waals surface area contributed by atoms with Crippen LogP contribution in [0.2, 0.25) is 0 Å². The summed E-state index contributed by atoms with van der Waals surface area (Å²) in [6, 6.07) is 7.83. The molecule has 6 aliphatic carbocycles. The quantitative estimate of drug-likeness (QED) is 0.233. The number of benzene rings is 1. The van der Waals surface area contributed by atoms with Crippen molar-refractivity contribution in [3.05, 3.63) is 41.8 Å². The van der Waals surface area contributed by atoms with Crippen molar-refractivity contribution in [2.75, 3.05) is 11.4 Å². The Morgan fingerprint density at radius 3 is 2.32 bits per heavy atom. The van der Waals surface area contributed by atoms with Crippen LogP contribution in [0.3, 0.4) is 0 Å². The van der Waals surface area contributed by atoms with Gasteiger partial charge in [-0.25, -0.2) is 8.78 Å². The van der Waals surface area contributed by atoms with Crippen molar-refractivity contribution in [2.45, 2.75) is 120 Å². The summed E-state index contributed by atoms with van der Waals surface area (Å²) in [5.74, 6) is 1.37. The van der Waals surface area contributed by atoms with Gasteiger partial charge in [0.15, 0.2) is 11.6 Å². The number of rotatable bonds is 10. The molecule has 1 amide bonds. The number of fused-ring (bicyclic) bond motifs is 3. The molecule has 234 valence electrons. The first-order valence-electron chi connectivity index (χ1n) is 16.7. The SMILES string of the molecule is O=C(CC1CCC(F)(F)CC1)N(CC12CCC(c3nc(CC4CC4)no3)(CC1)CC2)c1cccc(-c2nc(C3CC3)no2)c1. The first kappa shape index (κ1) is 28.3. The largest absolute Gasteiger partial charge is 0.339 e. The van der Waals surface area contributed by atoms with Crippen molar-refractivity contribution < 1.29 is 22.6 Å². The summed E-state index contributed by atoms with van der Waals surface area (Å²) < 4.78 is 39.2. The lowest BCUT2D eigenvalue weighted by Gasteiger charge is -2.53. The van der Waals surface area contributed by atoms with E-state index in [9.17, 15) is 13.6 Å². The molecule has 8 nitrogen and oxygen atoms in total. The molecule has 0 radical (unpaired) electrons. The molecule has 3 aromatic rings. The van der Waals surface area contributed by atoms with E-state index in [0.29, 0.717) is 37.6 Å². The van der Waals surface area contributed by atoms with E-state index in [4.69, 9.17) is 14.0 Å². The first-order valence-corrected chi connectivity index (χ1v) is 16.7. The Morgan fingerprint density at radius 2 is 1.61 bits per heavy atom. The zero-order chi connectivity index (χ0) is 29.9. The van der Waals surface area contributed by atoms with Crippen LogP contribution in [-0.2, 0) is 16.6 Å². The highest BCUT2D eigenvalue weighted by molar-refractivity contribution is 5.94. The normalized spacial score (nSPS) is 28.3. The highest BCUT2D eigenvalue weighted by atomic mass is 19.3. The number of amides is 1. The van der Waals surface area contributed by atoms with Crippen LogP contribution in [0.15, 0.2) is 33.3 Å². The molecule has 0 atom stereocenters. The van der Waals surface area contributed by atoms with Crippen LogP contribution in [0.25, 0.3) is 11.5 Å². The van der Waals surface area contributed by atoms with Gasteiger partial charge in [0.1, 0.15) is 0 Å². The van der Waals surface area contributed by atoms with Crippen molar-refractivity contribution in [1.29, 1.82) is 0 Å². The summed E-state index contributed by atoms with van der Waals surface area (Å²) in [6.45, 7) is 0.613. The second kappa shape index (κ2) is 10.7. The van der Waals surface area contributed by atoms with Gasteiger partial charge in [0.25, 0.3) is 5.89 Å². The van der Waals surface area contributed by atoms with E-state index in [1.165, 1.54) is 12.8 Å². The van der Waals surface area contributed by atoms with Gasteiger partial charge in [-0.1, -0.05) is 16.4 Å². The minimum absolute atomic E-state index is 0.00644. The maximum Gasteiger partial charge on any atom is 0.258 e. The summed E-state index contributed by atoms with van der Waals surface area (Å²) in [7, 11) is 0. The number of anilines is 1. The van der Waals surface area contributed by atoms with Gasteiger partial charge in [-0.3, -0.25) is 4.79 Å². The zero-order valence-corrected chi connectivity index (χ0v) is 25.3. The van der Waals surface area contributed by atoms with E-state index in [2.05, 4.69) is 15.3 Å². The van der Waals surface area contributed by atoms with E-state index >= 15 is 0 Å². The molecule has 44 heavy (non-hydrogen) atoms. The van der Waals surface area contributed by atoms with Crippen molar-refractivity contribution in [2.24, 2.45) is 17.3 Å². The number of carbonyl (C=O) groups is 1. The lowest BCUT2D eigenvalue weighted by Crippen LogP contribution is -2.51. The topological polar surface area (TPSA) is 98.2 Å². The van der Waals surface area contributed by atoms with Crippen LogP contribution in [0, 0.1) is 17.3 Å². The molecule has 10 heteroatoms. The Kier molecular flexibility index (Phi) is 6.90. The lowest BCUT2D eigenvalue weighted by atomic mass is 9.53. The minimum atomic E-state index is -2.61. The predicted octanol–water partition coefficient (Wildman–Crippen LogP) is 7.79. The third-order valence-corrected chi connectivity index (χ3v) is 11.4. The van der Waals surface area contributed by atoms with Gasteiger partial charge in [0.05, 0.1) is 0 Å². The smallest absolute Gasteiger partial charge is 0.258 e. The molecular formula is C34H41F2N5O3. The average molecular weight is 606 g/mol. The molecule has 6 saturated carbocycles. The second-order valence-electron chi connectivity index (χ2n) is 14.7. The summed E-state index contributed by atoms with van der Waals surface area (Å²) in [4.78, 5) is 25.5. The Balaban J connectivity index is 1.02. The molecule has 2 heterocycles. The molecule has 6 fully saturated rings. The number of nitrogens with zero attached hydrogens (tertiary/aromatic N) is 5. The van der Waals surface area contributed by atoms with Crippen molar-refractivity contribution in [1.82, 2.24) is 20.3 Å². The molecule has 2 bridgehead atoms. The van der Waals surface area contributed by atoms with Crippen LogP contribution in [0.5, 0.6) is 0 Å². The van der Waals surface area contributed by atoms with E-state index in [1.54, 1.807) is 0 Å². The molecule has 6 aliphatic rings. The zero-order valence-electron chi connectivity index (χ0n) is 25.3. The number of carbonyl (C=O) groups excluding carboxylic acids is 1. The van der Waals surface area contributed by atoms with Crippen molar-refractivity contribution in [3.8, 4) is 11.5 Å². The summed E-state index contributed by atoms with van der Waals surface area (Å²) in [5.41, 5.74) is 1.53. The fourth-order valence-electron chi connectivity index (χ4n) is 7.94. The molecule has 0 spiro atoms. The molecule has 9 rings (SSSR count). The monoisotopic (exact) mass is 605 g/mol. The van der Waals surface area contributed by atoms with Crippen LogP contribution < -0.4 is 4.90 Å². The number of halogens is 2. The Labute approximate surface area is 256 Å². The summed E-state index contributed by atoms with van der Waals surface area (Å²) in [6.07, 6.45) is 12.3. The highest BCUT2D eigenvalue weighted by Crippen LogP contribution is 2.58. The van der Waals surface area contributed by atoms with Gasteiger partial charge >= 0.3 is 0 Å². The number of alkyl halides is 2. The van der Waals surface area contributed by atoms with Crippen molar-refractivity contribution in [3.63, 3.8) is 0 Å².